The summed E-state index contributed by atoms with van der Waals surface area (Å²) in [6, 6.07) is 84.2. The number of nitrogens with zero attached hydrogens (tertiary/aromatic N) is 4. The fraction of sp³-hybridized carbons (Fsp3) is 0.133. The second-order valence-electron chi connectivity index (χ2n) is 16.8. The van der Waals surface area contributed by atoms with Crippen LogP contribution in [-0.2, 0) is 52.4 Å². The van der Waals surface area contributed by atoms with Crippen LogP contribution in [0.3, 0.4) is 0 Å². The molecule has 8 aromatic carbocycles. The molecule has 0 spiro atoms. The van der Waals surface area contributed by atoms with E-state index in [2.05, 4.69) is 262 Å². The van der Waals surface area contributed by atoms with Gasteiger partial charge in [-0.2, -0.15) is 0 Å². The van der Waals surface area contributed by atoms with E-state index in [1.54, 1.807) is 40.7 Å². The molecule has 0 aromatic heterocycles. The van der Waals surface area contributed by atoms with Crippen molar-refractivity contribution in [1.29, 1.82) is 0 Å². The van der Waals surface area contributed by atoms with E-state index in [4.69, 9.17) is 48.9 Å². The SMILES string of the molecule is S=C(S[Se]SC(=S)N(Cc1ccccc1)Cc1ccccc1)N(Cc1ccccc1)Cc1ccccc1.S=C(S[Se]SC(=S)N(Cc1ccccc1)Cc1ccccc1)N(Cc1ccccc1)Cc1ccccc1. The Morgan fingerprint density at radius 3 is 0.473 bits per heavy atom. The summed E-state index contributed by atoms with van der Waals surface area (Å²) in [4.78, 5) is 9.17. The van der Waals surface area contributed by atoms with Gasteiger partial charge in [-0.05, 0) is 0 Å². The summed E-state index contributed by atoms with van der Waals surface area (Å²) in [6.07, 6.45) is 0. The van der Waals surface area contributed by atoms with Gasteiger partial charge in [0.05, 0.1) is 0 Å². The molecule has 0 heterocycles. The Kier molecular flexibility index (Phi) is 25.7. The number of hydrogen-bond donors (Lipinski definition) is 0. The average molecular weight is 1250 g/mol. The molecule has 0 bridgehead atoms. The number of thiocarbonyl (C=S) groups is 4. The van der Waals surface area contributed by atoms with Gasteiger partial charge in [-0.1, -0.05) is 0 Å². The molecule has 0 aliphatic heterocycles. The quantitative estimate of drug-likeness (QED) is 0.0533. The predicted molar refractivity (Wildman–Crippen MR) is 341 cm³/mol. The molecule has 0 fully saturated rings. The normalized spacial score (nSPS) is 10.6. The van der Waals surface area contributed by atoms with Crippen LogP contribution in [0.25, 0.3) is 0 Å². The van der Waals surface area contributed by atoms with Crippen LogP contribution >= 0.6 is 89.6 Å². The van der Waals surface area contributed by atoms with Crippen molar-refractivity contribution in [2.45, 2.75) is 52.4 Å². The molecule has 0 N–H and O–H groups in total. The first-order valence-electron chi connectivity index (χ1n) is 23.8. The Morgan fingerprint density at radius 2 is 0.351 bits per heavy atom. The van der Waals surface area contributed by atoms with E-state index >= 15 is 0 Å². The van der Waals surface area contributed by atoms with Crippen molar-refractivity contribution in [3.05, 3.63) is 287 Å². The maximum atomic E-state index is 5.94. The van der Waals surface area contributed by atoms with Crippen molar-refractivity contribution in [3.63, 3.8) is 0 Å². The first-order chi connectivity index (χ1) is 36.3. The van der Waals surface area contributed by atoms with Crippen molar-refractivity contribution in [2.24, 2.45) is 0 Å². The van der Waals surface area contributed by atoms with Crippen LogP contribution in [0, 0.1) is 0 Å². The Balaban J connectivity index is 0.000000216. The molecule has 0 saturated carbocycles. The van der Waals surface area contributed by atoms with Crippen LogP contribution < -0.4 is 0 Å². The first-order valence-corrected chi connectivity index (χ1v) is 36.8. The summed E-state index contributed by atoms with van der Waals surface area (Å²) in [7, 11) is 7.00. The zero-order valence-electron chi connectivity index (χ0n) is 40.6. The monoisotopic (exact) mass is 1250 g/mol. The molecule has 0 amide bonds. The zero-order chi connectivity index (χ0) is 51.4. The molecule has 4 nitrogen and oxygen atoms in total. The third-order valence-electron chi connectivity index (χ3n) is 11.2. The second-order valence-corrected chi connectivity index (χ2v) is 32.1. The molecule has 0 aliphatic carbocycles. The van der Waals surface area contributed by atoms with E-state index in [1.807, 2.05) is 0 Å². The van der Waals surface area contributed by atoms with Gasteiger partial charge in [0.15, 0.2) is 0 Å². The van der Waals surface area contributed by atoms with Crippen LogP contribution in [0.4, 0.5) is 0 Å². The van der Waals surface area contributed by atoms with Gasteiger partial charge in [0.2, 0.25) is 0 Å². The summed E-state index contributed by atoms with van der Waals surface area (Å²) in [5, 5.41) is 0. The van der Waals surface area contributed by atoms with E-state index in [0.717, 1.165) is 69.6 Å². The van der Waals surface area contributed by atoms with Crippen molar-refractivity contribution in [1.82, 2.24) is 19.6 Å². The Hall–Kier alpha value is -4.24. The summed E-state index contributed by atoms with van der Waals surface area (Å²) < 4.78 is 3.67. The average Bonchev–Trinajstić information content (AvgIpc) is 3.44. The fourth-order valence-electron chi connectivity index (χ4n) is 7.53. The van der Waals surface area contributed by atoms with Gasteiger partial charge < -0.3 is 0 Å². The summed E-state index contributed by atoms with van der Waals surface area (Å²) in [5.41, 5.74) is 10.1. The Bertz CT molecular complexity index is 2320. The van der Waals surface area contributed by atoms with E-state index in [1.165, 1.54) is 44.5 Å². The summed E-state index contributed by atoms with van der Waals surface area (Å²) >= 11 is 24.0. The molecule has 8 rings (SSSR count). The molecule has 14 heteroatoms. The zero-order valence-corrected chi connectivity index (χ0v) is 50.6. The van der Waals surface area contributed by atoms with Crippen molar-refractivity contribution in [2.75, 3.05) is 0 Å². The van der Waals surface area contributed by atoms with Crippen LogP contribution in [0.2, 0.25) is 0 Å². The summed E-state index contributed by atoms with van der Waals surface area (Å²) in [6.45, 7) is 6.34. The number of hydrogen-bond acceptors (Lipinski definition) is 8. The summed E-state index contributed by atoms with van der Waals surface area (Å²) in [5.74, 6) is 0. The molecule has 376 valence electrons. The van der Waals surface area contributed by atoms with E-state index in [9.17, 15) is 0 Å². The van der Waals surface area contributed by atoms with E-state index in [-0.39, 0.29) is 25.4 Å². The second kappa shape index (κ2) is 33.0. The van der Waals surface area contributed by atoms with Gasteiger partial charge in [0.1, 0.15) is 0 Å². The van der Waals surface area contributed by atoms with Gasteiger partial charge in [0, 0.05) is 0 Å². The molecular formula is C60H56N4S8Se2. The third-order valence-corrected chi connectivity index (χ3v) is 27.9. The molecular weight excluding hydrogens is 1190 g/mol. The molecule has 0 saturated heterocycles. The maximum absolute atomic E-state index is 5.94. The topological polar surface area (TPSA) is 13.0 Å². The minimum absolute atomic E-state index is 0.130. The molecule has 0 atom stereocenters. The molecule has 74 heavy (non-hydrogen) atoms. The van der Waals surface area contributed by atoms with Crippen molar-refractivity contribution < 1.29 is 0 Å². The standard InChI is InChI=1S/2C30H28N2S4Se/c2*33-29(31(21-25-13-5-1-6-14-25)22-26-15-7-2-8-16-26)35-37-36-30(34)32(23-27-17-9-3-10-18-27)24-28-19-11-4-12-20-28/h2*1-20H,21-24H2. The minimum atomic E-state index is 0.130. The fourth-order valence-corrected chi connectivity index (χ4v) is 23.7. The van der Waals surface area contributed by atoms with Gasteiger partial charge >= 0.3 is 491 Å². The van der Waals surface area contributed by atoms with Gasteiger partial charge in [-0.15, -0.1) is 0 Å². The Morgan fingerprint density at radius 1 is 0.230 bits per heavy atom. The first kappa shape index (κ1) is 57.5. The van der Waals surface area contributed by atoms with Gasteiger partial charge in [-0.3, -0.25) is 0 Å². The molecule has 0 radical (unpaired) electrons. The Labute approximate surface area is 486 Å². The van der Waals surface area contributed by atoms with Crippen molar-refractivity contribution in [3.8, 4) is 0 Å². The van der Waals surface area contributed by atoms with Crippen LogP contribution in [-0.4, -0.2) is 62.3 Å². The van der Waals surface area contributed by atoms with E-state index < -0.39 is 0 Å². The molecule has 0 aliphatic rings. The van der Waals surface area contributed by atoms with Crippen molar-refractivity contribution >= 4 is 132 Å². The predicted octanol–water partition coefficient (Wildman–Crippen LogP) is 15.9. The number of benzene rings is 8. The van der Waals surface area contributed by atoms with Crippen LogP contribution in [0.5, 0.6) is 0 Å². The molecule has 8 aromatic rings. The van der Waals surface area contributed by atoms with Crippen LogP contribution in [0.1, 0.15) is 44.5 Å². The number of rotatable bonds is 20. The van der Waals surface area contributed by atoms with Crippen LogP contribution in [0.15, 0.2) is 243 Å². The third kappa shape index (κ3) is 21.1. The van der Waals surface area contributed by atoms with Gasteiger partial charge in [-0.25, -0.2) is 0 Å². The molecule has 0 unspecified atom stereocenters. The van der Waals surface area contributed by atoms with Gasteiger partial charge in [0.25, 0.3) is 0 Å². The van der Waals surface area contributed by atoms with E-state index in [0.29, 0.717) is 0 Å².